The summed E-state index contributed by atoms with van der Waals surface area (Å²) in [6.45, 7) is 4.23. The molecule has 0 saturated heterocycles. The lowest BCUT2D eigenvalue weighted by atomic mass is 10.1. The molecule has 0 spiro atoms. The Bertz CT molecular complexity index is 881. The summed E-state index contributed by atoms with van der Waals surface area (Å²) in [7, 11) is 0. The molecule has 0 aliphatic carbocycles. The first kappa shape index (κ1) is 13.9. The monoisotopic (exact) mass is 343 g/mol. The van der Waals surface area contributed by atoms with Crippen molar-refractivity contribution >= 4 is 26.8 Å². The van der Waals surface area contributed by atoms with Crippen LogP contribution in [0.2, 0.25) is 0 Å². The van der Waals surface area contributed by atoms with Crippen molar-refractivity contribution < 1.29 is 0 Å². The smallest absolute Gasteiger partial charge is 0.291 e. The summed E-state index contributed by atoms with van der Waals surface area (Å²) in [4.78, 5) is 20.6. The van der Waals surface area contributed by atoms with Crippen LogP contribution < -0.4 is 5.69 Å². The Hall–Kier alpha value is -2.01. The number of pyridine rings is 1. The van der Waals surface area contributed by atoms with Crippen LogP contribution in [0.25, 0.3) is 10.9 Å². The molecule has 0 fully saturated rings. The van der Waals surface area contributed by atoms with Gasteiger partial charge in [-0.05, 0) is 47.5 Å². The highest BCUT2D eigenvalue weighted by atomic mass is 79.9. The number of fused-ring (bicyclic) bond motifs is 1. The summed E-state index contributed by atoms with van der Waals surface area (Å²) < 4.78 is 2.55. The van der Waals surface area contributed by atoms with Gasteiger partial charge >= 0.3 is 5.69 Å². The van der Waals surface area contributed by atoms with Crippen LogP contribution in [0.3, 0.4) is 0 Å². The molecule has 3 aromatic rings. The zero-order chi connectivity index (χ0) is 15.0. The molecular weight excluding hydrogens is 330 g/mol. The van der Waals surface area contributed by atoms with E-state index in [0.717, 1.165) is 26.6 Å². The lowest BCUT2D eigenvalue weighted by molar-refractivity contribution is 0.691. The van der Waals surface area contributed by atoms with Gasteiger partial charge in [0.15, 0.2) is 0 Å². The van der Waals surface area contributed by atoms with E-state index in [1.807, 2.05) is 44.2 Å². The van der Waals surface area contributed by atoms with Crippen LogP contribution in [0.1, 0.15) is 17.0 Å². The van der Waals surface area contributed by atoms with Gasteiger partial charge < -0.3 is 0 Å². The molecule has 0 radical (unpaired) electrons. The van der Waals surface area contributed by atoms with Gasteiger partial charge in [0.05, 0.1) is 22.2 Å². The summed E-state index contributed by atoms with van der Waals surface area (Å²) in [5.74, 6) is 0. The van der Waals surface area contributed by atoms with Crippen molar-refractivity contribution in [1.82, 2.24) is 14.5 Å². The molecule has 2 aromatic heterocycles. The number of aryl methyl sites for hydroxylation is 1. The van der Waals surface area contributed by atoms with Crippen molar-refractivity contribution in [3.05, 3.63) is 68.4 Å². The van der Waals surface area contributed by atoms with Crippen LogP contribution in [-0.4, -0.2) is 14.5 Å². The Morgan fingerprint density at radius 2 is 1.95 bits per heavy atom. The molecule has 0 bridgehead atoms. The molecule has 0 aliphatic heterocycles. The molecule has 4 nitrogen and oxygen atoms in total. The third kappa shape index (κ3) is 2.49. The fraction of sp³-hybridized carbons (Fsp3) is 0.188. The van der Waals surface area contributed by atoms with Crippen molar-refractivity contribution in [2.45, 2.75) is 20.4 Å². The molecule has 0 aliphatic rings. The van der Waals surface area contributed by atoms with E-state index < -0.39 is 0 Å². The number of rotatable bonds is 2. The fourth-order valence-corrected chi connectivity index (χ4v) is 2.73. The highest BCUT2D eigenvalue weighted by molar-refractivity contribution is 9.10. The fourth-order valence-electron chi connectivity index (χ4n) is 2.43. The second-order valence-corrected chi connectivity index (χ2v) is 5.75. The van der Waals surface area contributed by atoms with Crippen molar-refractivity contribution in [3.63, 3.8) is 0 Å². The van der Waals surface area contributed by atoms with Crippen LogP contribution >= 0.6 is 15.9 Å². The van der Waals surface area contributed by atoms with Crippen LogP contribution in [0, 0.1) is 13.8 Å². The Morgan fingerprint density at radius 3 is 2.76 bits per heavy atom. The minimum Gasteiger partial charge on any atom is -0.291 e. The van der Waals surface area contributed by atoms with Crippen molar-refractivity contribution in [1.29, 1.82) is 0 Å². The predicted octanol–water partition coefficient (Wildman–Crippen LogP) is 3.22. The Morgan fingerprint density at radius 1 is 1.19 bits per heavy atom. The first-order valence-electron chi connectivity index (χ1n) is 6.64. The third-order valence-electron chi connectivity index (χ3n) is 3.60. The maximum Gasteiger partial charge on any atom is 0.348 e. The van der Waals surface area contributed by atoms with Gasteiger partial charge in [0.25, 0.3) is 0 Å². The van der Waals surface area contributed by atoms with Crippen molar-refractivity contribution in [2.75, 3.05) is 0 Å². The average molecular weight is 344 g/mol. The van der Waals surface area contributed by atoms with E-state index in [0.29, 0.717) is 12.2 Å². The molecule has 2 heterocycles. The number of para-hydroxylation sites is 1. The summed E-state index contributed by atoms with van der Waals surface area (Å²) in [5, 5.41) is 1.06. The van der Waals surface area contributed by atoms with Gasteiger partial charge in [-0.2, -0.15) is 4.98 Å². The maximum atomic E-state index is 12.2. The van der Waals surface area contributed by atoms with Gasteiger partial charge in [0.1, 0.15) is 0 Å². The average Bonchev–Trinajstić information content (AvgIpc) is 2.49. The molecule has 0 atom stereocenters. The zero-order valence-corrected chi connectivity index (χ0v) is 13.4. The molecule has 1 aromatic carbocycles. The van der Waals surface area contributed by atoms with Crippen LogP contribution in [0.4, 0.5) is 0 Å². The molecule has 0 amide bonds. The summed E-state index contributed by atoms with van der Waals surface area (Å²) in [6.07, 6.45) is 1.77. The normalized spacial score (nSPS) is 11.0. The second kappa shape index (κ2) is 5.41. The molecule has 0 unspecified atom stereocenters. The Labute approximate surface area is 130 Å². The molecular formula is C16H14BrN3O. The van der Waals surface area contributed by atoms with E-state index >= 15 is 0 Å². The number of nitrogens with zero attached hydrogens (tertiary/aromatic N) is 3. The first-order chi connectivity index (χ1) is 10.1. The Kier molecular flexibility index (Phi) is 3.59. The van der Waals surface area contributed by atoms with Crippen LogP contribution in [-0.2, 0) is 6.54 Å². The van der Waals surface area contributed by atoms with E-state index in [1.54, 1.807) is 10.8 Å². The van der Waals surface area contributed by atoms with Gasteiger partial charge in [0.2, 0.25) is 0 Å². The largest absolute Gasteiger partial charge is 0.348 e. The van der Waals surface area contributed by atoms with Gasteiger partial charge in [0, 0.05) is 17.3 Å². The van der Waals surface area contributed by atoms with E-state index in [1.165, 1.54) is 0 Å². The molecule has 21 heavy (non-hydrogen) atoms. The van der Waals surface area contributed by atoms with Crippen LogP contribution in [0.15, 0.2) is 45.8 Å². The lowest BCUT2D eigenvalue weighted by Crippen LogP contribution is -2.27. The minimum absolute atomic E-state index is 0.228. The van der Waals surface area contributed by atoms with Crippen molar-refractivity contribution in [3.8, 4) is 0 Å². The van der Waals surface area contributed by atoms with E-state index in [-0.39, 0.29) is 5.69 Å². The summed E-state index contributed by atoms with van der Waals surface area (Å²) in [6, 6.07) is 9.88. The highest BCUT2D eigenvalue weighted by Crippen LogP contribution is 2.20. The molecule has 106 valence electrons. The number of aromatic nitrogens is 3. The zero-order valence-electron chi connectivity index (χ0n) is 11.8. The topological polar surface area (TPSA) is 47.8 Å². The van der Waals surface area contributed by atoms with E-state index in [2.05, 4.69) is 25.9 Å². The van der Waals surface area contributed by atoms with Gasteiger partial charge in [-0.15, -0.1) is 0 Å². The summed E-state index contributed by atoms with van der Waals surface area (Å²) in [5.41, 5.74) is 3.36. The molecule has 3 rings (SSSR count). The number of hydrogen-bond donors (Lipinski definition) is 0. The van der Waals surface area contributed by atoms with Gasteiger partial charge in [-0.3, -0.25) is 9.55 Å². The standard InChI is InChI=1S/C16H14BrN3O/c1-10-15(17)11(2)20(16(21)19-10)9-12-7-8-18-14-6-4-3-5-13(12)14/h3-8H,9H2,1-2H3. The SMILES string of the molecule is Cc1nc(=O)n(Cc2ccnc3ccccc23)c(C)c1Br. The van der Waals surface area contributed by atoms with E-state index in [9.17, 15) is 4.79 Å². The molecule has 5 heteroatoms. The van der Waals surface area contributed by atoms with E-state index in [4.69, 9.17) is 0 Å². The Balaban J connectivity index is 2.16. The minimum atomic E-state index is -0.228. The number of benzene rings is 1. The van der Waals surface area contributed by atoms with Gasteiger partial charge in [-0.25, -0.2) is 4.79 Å². The number of hydrogen-bond acceptors (Lipinski definition) is 3. The third-order valence-corrected chi connectivity index (χ3v) is 4.75. The highest BCUT2D eigenvalue weighted by Gasteiger charge is 2.11. The van der Waals surface area contributed by atoms with Gasteiger partial charge in [-0.1, -0.05) is 18.2 Å². The number of halogens is 1. The van der Waals surface area contributed by atoms with Crippen molar-refractivity contribution in [2.24, 2.45) is 0 Å². The predicted molar refractivity (Wildman–Crippen MR) is 86.5 cm³/mol. The summed E-state index contributed by atoms with van der Waals surface area (Å²) >= 11 is 3.49. The lowest BCUT2D eigenvalue weighted by Gasteiger charge is -2.13. The second-order valence-electron chi connectivity index (χ2n) is 4.95. The molecule has 0 N–H and O–H groups in total. The van der Waals surface area contributed by atoms with Crippen LogP contribution in [0.5, 0.6) is 0 Å². The quantitative estimate of drug-likeness (QED) is 0.717. The maximum absolute atomic E-state index is 12.2. The first-order valence-corrected chi connectivity index (χ1v) is 7.43. The molecule has 0 saturated carbocycles.